The molecule has 7 heteroatoms. The summed E-state index contributed by atoms with van der Waals surface area (Å²) >= 11 is 0. The molecule has 0 saturated carbocycles. The third-order valence-electron chi connectivity index (χ3n) is 6.67. The topological polar surface area (TPSA) is 19.4 Å². The Bertz CT molecular complexity index is 1260. The minimum absolute atomic E-state index is 1.18. The van der Waals surface area contributed by atoms with Gasteiger partial charge in [0.15, 0.2) is 0 Å². The molecule has 0 N–H and O–H groups in total. The van der Waals surface area contributed by atoms with Gasteiger partial charge in [0, 0.05) is 95.7 Å². The number of anilines is 6. The van der Waals surface area contributed by atoms with Gasteiger partial charge in [0.1, 0.15) is 0 Å². The van der Waals surface area contributed by atoms with Gasteiger partial charge in [-0.15, -0.1) is 9.24 Å². The molecular formula is C30H45N6P. The number of nitrogens with zero attached hydrogens (tertiary/aromatic N) is 6. The Morgan fingerprint density at radius 3 is 1.22 bits per heavy atom. The molecule has 0 aromatic heterocycles. The summed E-state index contributed by atoms with van der Waals surface area (Å²) in [5.41, 5.74) is 12.1. The van der Waals surface area contributed by atoms with Gasteiger partial charge in [-0.05, 0) is 28.6 Å². The van der Waals surface area contributed by atoms with E-state index in [1.54, 1.807) is 0 Å². The number of benzene rings is 3. The summed E-state index contributed by atoms with van der Waals surface area (Å²) in [6, 6.07) is 15.6. The van der Waals surface area contributed by atoms with Crippen molar-refractivity contribution in [2.45, 2.75) is 0 Å². The van der Waals surface area contributed by atoms with Gasteiger partial charge in [0.05, 0.1) is 34.1 Å². The first-order chi connectivity index (χ1) is 17.3. The molecule has 0 saturated heterocycles. The van der Waals surface area contributed by atoms with Crippen LogP contribution in [0.15, 0.2) is 42.5 Å². The molecule has 0 aliphatic heterocycles. The van der Waals surface area contributed by atoms with Crippen molar-refractivity contribution in [1.29, 1.82) is 0 Å². The lowest BCUT2D eigenvalue weighted by Gasteiger charge is -2.33. The highest BCUT2D eigenvalue weighted by molar-refractivity contribution is 7.28. The quantitative estimate of drug-likeness (QED) is 0.390. The molecule has 0 heterocycles. The molecule has 0 bridgehead atoms. The maximum Gasteiger partial charge on any atom is 0.0842 e. The second kappa shape index (κ2) is 11.1. The minimum atomic E-state index is 1.18. The first kappa shape index (κ1) is 28.5. The molecule has 1 atom stereocenters. The molecule has 3 rings (SSSR count). The van der Waals surface area contributed by atoms with Crippen molar-refractivity contribution < 1.29 is 0 Å². The first-order valence-corrected chi connectivity index (χ1v) is 13.1. The Kier molecular flexibility index (Phi) is 8.54. The average Bonchev–Trinajstić information content (AvgIpc) is 2.81. The summed E-state index contributed by atoms with van der Waals surface area (Å²) in [5, 5.41) is 1.18. The second-order valence-corrected chi connectivity index (χ2v) is 11.4. The van der Waals surface area contributed by atoms with Crippen LogP contribution < -0.4 is 34.7 Å². The molecule has 1 unspecified atom stereocenters. The van der Waals surface area contributed by atoms with Gasteiger partial charge in [0.2, 0.25) is 0 Å². The van der Waals surface area contributed by atoms with Crippen LogP contribution in [0.3, 0.4) is 0 Å². The Balaban J connectivity index is 2.50. The zero-order valence-corrected chi connectivity index (χ0v) is 26.0. The normalized spacial score (nSPS) is 10.8. The maximum absolute atomic E-state index is 2.99. The number of rotatable bonds is 8. The van der Waals surface area contributed by atoms with E-state index in [2.05, 4.69) is 166 Å². The van der Waals surface area contributed by atoms with Crippen molar-refractivity contribution >= 4 is 48.7 Å². The molecule has 0 fully saturated rings. The van der Waals surface area contributed by atoms with Crippen molar-refractivity contribution in [3.63, 3.8) is 0 Å². The third-order valence-corrected chi connectivity index (χ3v) is 7.15. The SMILES string of the molecule is CN(C)c1ccc(-c2cccc(P)c2-c2ccc(N(C)C)c(N(C)C)c2N(C)C)c(N(C)C)c1N(C)C. The highest BCUT2D eigenvalue weighted by Crippen LogP contribution is 2.49. The van der Waals surface area contributed by atoms with E-state index in [1.807, 2.05) is 0 Å². The van der Waals surface area contributed by atoms with Crippen molar-refractivity contribution in [1.82, 2.24) is 0 Å². The Labute approximate surface area is 227 Å². The van der Waals surface area contributed by atoms with Crippen molar-refractivity contribution in [3.8, 4) is 22.3 Å². The Morgan fingerprint density at radius 2 is 0.811 bits per heavy atom. The number of hydrogen-bond acceptors (Lipinski definition) is 6. The van der Waals surface area contributed by atoms with Crippen LogP contribution >= 0.6 is 9.24 Å². The van der Waals surface area contributed by atoms with Gasteiger partial charge in [0.25, 0.3) is 0 Å². The smallest absolute Gasteiger partial charge is 0.0842 e. The van der Waals surface area contributed by atoms with Crippen molar-refractivity contribution in [2.24, 2.45) is 0 Å². The molecule has 0 amide bonds. The molecule has 3 aromatic carbocycles. The summed E-state index contributed by atoms with van der Waals surface area (Å²) in [4.78, 5) is 13.3. The van der Waals surface area contributed by atoms with E-state index in [1.165, 1.54) is 61.7 Å². The van der Waals surface area contributed by atoms with Crippen molar-refractivity contribution in [3.05, 3.63) is 42.5 Å². The molecule has 0 spiro atoms. The van der Waals surface area contributed by atoms with Gasteiger partial charge < -0.3 is 29.4 Å². The second-order valence-electron chi connectivity index (χ2n) is 10.8. The third kappa shape index (κ3) is 5.31. The van der Waals surface area contributed by atoms with E-state index in [-0.39, 0.29) is 0 Å². The predicted octanol–water partition coefficient (Wildman–Crippen LogP) is 4.92. The summed E-state index contributed by atoms with van der Waals surface area (Å²) < 4.78 is 0. The standard InChI is InChI=1S/C30H45N6P/c1-31(2)23-18-16-21(27(33(5)6)29(23)35(9)10)20-14-13-15-25(37)26(20)22-17-19-24(32(3)4)30(36(11)12)28(22)34(7)8/h13-19H,37H2,1-12H3. The molecule has 6 nitrogen and oxygen atoms in total. The van der Waals surface area contributed by atoms with E-state index in [4.69, 9.17) is 0 Å². The van der Waals surface area contributed by atoms with Crippen LogP contribution in [0.1, 0.15) is 0 Å². The van der Waals surface area contributed by atoms with Crippen LogP contribution in [0.5, 0.6) is 0 Å². The summed E-state index contributed by atoms with van der Waals surface area (Å²) in [7, 11) is 28.5. The van der Waals surface area contributed by atoms with E-state index in [0.717, 1.165) is 0 Å². The Morgan fingerprint density at radius 1 is 0.405 bits per heavy atom. The first-order valence-electron chi connectivity index (χ1n) is 12.6. The van der Waals surface area contributed by atoms with Crippen molar-refractivity contribution in [2.75, 3.05) is 114 Å². The van der Waals surface area contributed by atoms with Crippen LogP contribution in [-0.2, 0) is 0 Å². The number of hydrogen-bond donors (Lipinski definition) is 0. The lowest BCUT2D eigenvalue weighted by molar-refractivity contribution is 1.05. The van der Waals surface area contributed by atoms with Gasteiger partial charge in [-0.1, -0.05) is 30.3 Å². The van der Waals surface area contributed by atoms with Crippen LogP contribution in [0.4, 0.5) is 34.1 Å². The lowest BCUT2D eigenvalue weighted by atomic mass is 9.90. The summed E-state index contributed by atoms with van der Waals surface area (Å²) in [6.07, 6.45) is 0. The summed E-state index contributed by atoms with van der Waals surface area (Å²) in [6.45, 7) is 0. The molecule has 0 aliphatic rings. The zero-order chi connectivity index (χ0) is 27.8. The fourth-order valence-corrected chi connectivity index (χ4v) is 5.58. The maximum atomic E-state index is 2.99. The summed E-state index contributed by atoms with van der Waals surface area (Å²) in [5.74, 6) is 0. The zero-order valence-electron chi connectivity index (χ0n) is 24.8. The molecule has 3 aromatic rings. The molecule has 0 radical (unpaired) electrons. The van der Waals surface area contributed by atoms with E-state index < -0.39 is 0 Å². The van der Waals surface area contributed by atoms with Gasteiger partial charge in [-0.3, -0.25) is 0 Å². The fraction of sp³-hybridized carbons (Fsp3) is 0.400. The van der Waals surface area contributed by atoms with E-state index in [0.29, 0.717) is 0 Å². The van der Waals surface area contributed by atoms with Gasteiger partial charge in [-0.2, -0.15) is 0 Å². The van der Waals surface area contributed by atoms with Gasteiger partial charge in [-0.25, -0.2) is 0 Å². The fourth-order valence-electron chi connectivity index (χ4n) is 5.16. The van der Waals surface area contributed by atoms with E-state index >= 15 is 0 Å². The average molecular weight is 521 g/mol. The predicted molar refractivity (Wildman–Crippen MR) is 173 cm³/mol. The molecule has 200 valence electrons. The largest absolute Gasteiger partial charge is 0.376 e. The Hall–Kier alpha value is -3.11. The molecule has 37 heavy (non-hydrogen) atoms. The monoisotopic (exact) mass is 520 g/mol. The van der Waals surface area contributed by atoms with Gasteiger partial charge >= 0.3 is 0 Å². The van der Waals surface area contributed by atoms with Crippen LogP contribution in [0.2, 0.25) is 0 Å². The highest BCUT2D eigenvalue weighted by atomic mass is 31.0. The van der Waals surface area contributed by atoms with Crippen LogP contribution in [0.25, 0.3) is 22.3 Å². The van der Waals surface area contributed by atoms with Crippen LogP contribution in [0, 0.1) is 0 Å². The molecule has 0 aliphatic carbocycles. The van der Waals surface area contributed by atoms with Crippen LogP contribution in [-0.4, -0.2) is 84.6 Å². The van der Waals surface area contributed by atoms with E-state index in [9.17, 15) is 0 Å². The minimum Gasteiger partial charge on any atom is -0.376 e. The lowest BCUT2D eigenvalue weighted by Crippen LogP contribution is -2.23. The molecular weight excluding hydrogens is 475 g/mol. The highest BCUT2D eigenvalue weighted by Gasteiger charge is 2.25.